The zero-order valence-corrected chi connectivity index (χ0v) is 19.2. The maximum absolute atomic E-state index is 14.0. The summed E-state index contributed by atoms with van der Waals surface area (Å²) in [6.45, 7) is 2.55. The summed E-state index contributed by atoms with van der Waals surface area (Å²) >= 11 is 5.00. The summed E-state index contributed by atoms with van der Waals surface area (Å²) in [5, 5.41) is 7.48. The summed E-state index contributed by atoms with van der Waals surface area (Å²) < 4.78 is 34.3. The number of ether oxygens (including phenoxy) is 1. The summed E-state index contributed by atoms with van der Waals surface area (Å²) in [5.74, 6) is -2.63. The van der Waals surface area contributed by atoms with Gasteiger partial charge in [0.25, 0.3) is 5.56 Å². The number of carbonyl (C=O) groups is 1. The van der Waals surface area contributed by atoms with Crippen LogP contribution in [0.25, 0.3) is 10.8 Å². The second-order valence-electron chi connectivity index (χ2n) is 7.55. The molecule has 1 amide bonds. The fraction of sp³-hybridized carbons (Fsp3) is 0.333. The van der Waals surface area contributed by atoms with Gasteiger partial charge in [0.15, 0.2) is 11.6 Å². The van der Waals surface area contributed by atoms with Crippen LogP contribution in [0, 0.1) is 17.6 Å². The van der Waals surface area contributed by atoms with Gasteiger partial charge in [0.1, 0.15) is 0 Å². The average Bonchev–Trinajstić information content (AvgIpc) is 3.16. The van der Waals surface area contributed by atoms with E-state index in [2.05, 4.69) is 26.2 Å². The molecule has 10 heteroatoms. The Bertz CT molecular complexity index is 1210. The van der Waals surface area contributed by atoms with Crippen LogP contribution in [0.1, 0.15) is 24.2 Å². The molecule has 2 atom stereocenters. The van der Waals surface area contributed by atoms with Gasteiger partial charge in [0, 0.05) is 35.6 Å². The van der Waals surface area contributed by atoms with Gasteiger partial charge in [-0.3, -0.25) is 9.59 Å². The molecule has 3 aromatic rings. The van der Waals surface area contributed by atoms with Crippen molar-refractivity contribution in [2.45, 2.75) is 19.6 Å². The van der Waals surface area contributed by atoms with Crippen LogP contribution >= 0.6 is 27.3 Å². The third kappa shape index (κ3) is 4.11. The number of amides is 1. The molecule has 2 aromatic heterocycles. The Labute approximate surface area is 189 Å². The smallest absolute Gasteiger partial charge is 0.256 e. The second kappa shape index (κ2) is 8.68. The first kappa shape index (κ1) is 21.9. The third-order valence-electron chi connectivity index (χ3n) is 5.49. The van der Waals surface area contributed by atoms with E-state index in [9.17, 15) is 18.4 Å². The number of aromatic amines is 1. The number of rotatable bonds is 5. The quantitative estimate of drug-likeness (QED) is 0.532. The van der Waals surface area contributed by atoms with E-state index in [-0.39, 0.29) is 30.4 Å². The number of nitrogens with one attached hydrogen (secondary N) is 2. The van der Waals surface area contributed by atoms with E-state index in [1.807, 2.05) is 17.7 Å². The molecular weight excluding hydrogens is 492 g/mol. The van der Waals surface area contributed by atoms with E-state index < -0.39 is 23.2 Å². The summed E-state index contributed by atoms with van der Waals surface area (Å²) in [6, 6.07) is 1.37. The number of carbonyl (C=O) groups excluding carboxylic acids is 1. The van der Waals surface area contributed by atoms with Gasteiger partial charge in [0.05, 0.1) is 40.7 Å². The van der Waals surface area contributed by atoms with Crippen molar-refractivity contribution in [1.82, 2.24) is 9.88 Å². The maximum atomic E-state index is 14.0. The lowest BCUT2D eigenvalue weighted by Crippen LogP contribution is -2.41. The number of anilines is 1. The first-order valence-corrected chi connectivity index (χ1v) is 11.3. The molecule has 0 bridgehead atoms. The molecule has 4 rings (SSSR count). The summed E-state index contributed by atoms with van der Waals surface area (Å²) in [6.07, 6.45) is 0. The molecule has 164 valence electrons. The lowest BCUT2D eigenvalue weighted by Gasteiger charge is -2.35. The van der Waals surface area contributed by atoms with Crippen LogP contribution in [0.2, 0.25) is 0 Å². The minimum atomic E-state index is -1.09. The van der Waals surface area contributed by atoms with E-state index in [0.29, 0.717) is 23.2 Å². The zero-order chi connectivity index (χ0) is 22.3. The lowest BCUT2D eigenvalue weighted by molar-refractivity contribution is -0.137. The number of pyridine rings is 1. The van der Waals surface area contributed by atoms with Crippen molar-refractivity contribution in [1.29, 1.82) is 0 Å². The lowest BCUT2D eigenvalue weighted by atomic mass is 9.94. The minimum Gasteiger partial charge on any atom is -0.383 e. The van der Waals surface area contributed by atoms with Crippen molar-refractivity contribution >= 4 is 49.6 Å². The fourth-order valence-electron chi connectivity index (χ4n) is 3.81. The highest BCUT2D eigenvalue weighted by atomic mass is 79.9. The number of benzene rings is 1. The second-order valence-corrected chi connectivity index (χ2v) is 9.15. The Kier molecular flexibility index (Phi) is 6.14. The molecule has 3 heterocycles. The molecule has 31 heavy (non-hydrogen) atoms. The molecular formula is C21H20BrF2N3O3S. The number of thiophene rings is 1. The Morgan fingerprint density at radius 2 is 2.06 bits per heavy atom. The van der Waals surface area contributed by atoms with Crippen molar-refractivity contribution in [2.24, 2.45) is 5.92 Å². The van der Waals surface area contributed by atoms with Crippen molar-refractivity contribution in [3.05, 3.63) is 60.6 Å². The van der Waals surface area contributed by atoms with E-state index in [1.165, 1.54) is 0 Å². The van der Waals surface area contributed by atoms with Gasteiger partial charge in [-0.05, 0) is 33.4 Å². The SMILES string of the molecule is CC(CNc1cscc1Br)C(=O)N(C)C1COCc2[nH]c(=O)c3cc(F)c(F)cc3c21. The molecule has 2 N–H and O–H groups in total. The molecule has 1 aliphatic heterocycles. The standard InChI is InChI=1S/C21H20BrF2N3O3S/c1-10(5-25-17-9-31-8-13(17)22)21(29)27(2)18-7-30-6-16-19(18)11-3-14(23)15(24)4-12(11)20(28)26-16/h3-4,8-10,18,25H,5-7H2,1-2H3,(H,26,28). The van der Waals surface area contributed by atoms with Crippen molar-refractivity contribution in [3.63, 3.8) is 0 Å². The predicted molar refractivity (Wildman–Crippen MR) is 119 cm³/mol. The first-order chi connectivity index (χ1) is 14.8. The van der Waals surface area contributed by atoms with E-state index >= 15 is 0 Å². The minimum absolute atomic E-state index is 0.0439. The van der Waals surface area contributed by atoms with Crippen LogP contribution in [-0.4, -0.2) is 36.0 Å². The van der Waals surface area contributed by atoms with Gasteiger partial charge in [-0.1, -0.05) is 6.92 Å². The van der Waals surface area contributed by atoms with Gasteiger partial charge >= 0.3 is 0 Å². The molecule has 1 aliphatic rings. The monoisotopic (exact) mass is 511 g/mol. The molecule has 0 aliphatic carbocycles. The number of fused-ring (bicyclic) bond motifs is 3. The predicted octanol–water partition coefficient (Wildman–Crippen LogP) is 4.41. The van der Waals surface area contributed by atoms with Crippen LogP contribution in [0.15, 0.2) is 32.2 Å². The number of likely N-dealkylation sites (N-methyl/N-ethyl adjacent to an activating group) is 1. The number of nitrogens with zero attached hydrogens (tertiary/aromatic N) is 1. The van der Waals surface area contributed by atoms with Gasteiger partial charge in [-0.25, -0.2) is 8.78 Å². The van der Waals surface area contributed by atoms with E-state index in [1.54, 1.807) is 23.3 Å². The fourth-order valence-corrected chi connectivity index (χ4v) is 5.20. The van der Waals surface area contributed by atoms with Gasteiger partial charge in [-0.15, -0.1) is 11.3 Å². The molecule has 6 nitrogen and oxygen atoms in total. The Morgan fingerprint density at radius 1 is 1.35 bits per heavy atom. The third-order valence-corrected chi connectivity index (χ3v) is 7.19. The molecule has 0 saturated heterocycles. The average molecular weight is 512 g/mol. The highest BCUT2D eigenvalue weighted by Crippen LogP contribution is 2.34. The van der Waals surface area contributed by atoms with Crippen LogP contribution < -0.4 is 10.9 Å². The Hall–Kier alpha value is -2.30. The van der Waals surface area contributed by atoms with Crippen LogP contribution in [0.3, 0.4) is 0 Å². The number of halogens is 3. The summed E-state index contributed by atoms with van der Waals surface area (Å²) in [5.41, 5.74) is 1.44. The highest BCUT2D eigenvalue weighted by molar-refractivity contribution is 9.10. The summed E-state index contributed by atoms with van der Waals surface area (Å²) in [7, 11) is 1.65. The van der Waals surface area contributed by atoms with Gasteiger partial charge in [-0.2, -0.15) is 0 Å². The van der Waals surface area contributed by atoms with E-state index in [0.717, 1.165) is 22.3 Å². The molecule has 1 aromatic carbocycles. The van der Waals surface area contributed by atoms with Crippen LogP contribution in [0.5, 0.6) is 0 Å². The molecule has 2 unspecified atom stereocenters. The maximum Gasteiger partial charge on any atom is 0.256 e. The Morgan fingerprint density at radius 3 is 2.74 bits per heavy atom. The van der Waals surface area contributed by atoms with Crippen LogP contribution in [0.4, 0.5) is 14.5 Å². The largest absolute Gasteiger partial charge is 0.383 e. The number of H-pyrrole nitrogens is 1. The van der Waals surface area contributed by atoms with Crippen molar-refractivity contribution in [3.8, 4) is 0 Å². The topological polar surface area (TPSA) is 74.4 Å². The van der Waals surface area contributed by atoms with E-state index in [4.69, 9.17) is 4.74 Å². The first-order valence-electron chi connectivity index (χ1n) is 9.61. The van der Waals surface area contributed by atoms with Gasteiger partial charge in [0.2, 0.25) is 5.91 Å². The highest BCUT2D eigenvalue weighted by Gasteiger charge is 2.32. The van der Waals surface area contributed by atoms with Crippen LogP contribution in [-0.2, 0) is 16.1 Å². The number of aromatic nitrogens is 1. The molecule has 0 radical (unpaired) electrons. The zero-order valence-electron chi connectivity index (χ0n) is 16.8. The Balaban J connectivity index is 1.64. The van der Waals surface area contributed by atoms with Crippen molar-refractivity contribution < 1.29 is 18.3 Å². The molecule has 0 saturated carbocycles. The molecule has 0 fully saturated rings. The molecule has 0 spiro atoms. The van der Waals surface area contributed by atoms with Crippen molar-refractivity contribution in [2.75, 3.05) is 25.5 Å². The number of hydrogen-bond acceptors (Lipinski definition) is 5. The normalized spacial score (nSPS) is 16.7. The summed E-state index contributed by atoms with van der Waals surface area (Å²) in [4.78, 5) is 29.7. The van der Waals surface area contributed by atoms with Gasteiger partial charge < -0.3 is 19.9 Å². The number of hydrogen-bond donors (Lipinski definition) is 2.